The van der Waals surface area contributed by atoms with E-state index >= 15 is 0 Å². The van der Waals surface area contributed by atoms with Crippen LogP contribution in [-0.4, -0.2) is 16.0 Å². The molecular weight excluding hydrogens is 132 g/mol. The zero-order valence-corrected chi connectivity index (χ0v) is 6.69. The molecule has 1 nitrogen and oxygen atoms in total. The number of aliphatic hydroxyl groups excluding tert-OH is 1. The maximum Gasteiger partial charge on any atom is 0.0553 e. The van der Waals surface area contributed by atoms with Crippen LogP contribution in [0.4, 0.5) is 0 Å². The van der Waals surface area contributed by atoms with Crippen LogP contribution in [0.25, 0.3) is 0 Å². The van der Waals surface area contributed by atoms with E-state index in [1.165, 1.54) is 0 Å². The van der Waals surface area contributed by atoms with E-state index in [0.717, 1.165) is 25.7 Å². The predicted octanol–water partition coefficient (Wildman–Crippen LogP) is 1.61. The number of hydrogen-bond donors (Lipinski definition) is 2. The van der Waals surface area contributed by atoms with Gasteiger partial charge in [0.15, 0.2) is 0 Å². The third-order valence-electron chi connectivity index (χ3n) is 1.93. The summed E-state index contributed by atoms with van der Waals surface area (Å²) in [5.74, 6) is 0. The van der Waals surface area contributed by atoms with Gasteiger partial charge in [0, 0.05) is 4.75 Å². The summed E-state index contributed by atoms with van der Waals surface area (Å²) >= 11 is 4.42. The predicted molar refractivity (Wildman–Crippen MR) is 41.9 cm³/mol. The van der Waals surface area contributed by atoms with Gasteiger partial charge in [0.05, 0.1) is 6.10 Å². The fourth-order valence-electron chi connectivity index (χ4n) is 1.43. The summed E-state index contributed by atoms with van der Waals surface area (Å²) < 4.78 is 0.0949. The Hall–Kier alpha value is 0.310. The van der Waals surface area contributed by atoms with Crippen LogP contribution in [0.15, 0.2) is 0 Å². The molecule has 1 saturated carbocycles. The molecule has 2 heteroatoms. The fourth-order valence-corrected chi connectivity index (χ4v) is 1.80. The summed E-state index contributed by atoms with van der Waals surface area (Å²) in [6.45, 7) is 2.10. The Morgan fingerprint density at radius 1 is 1.67 bits per heavy atom. The lowest BCUT2D eigenvalue weighted by molar-refractivity contribution is 0.116. The SMILES string of the molecule is C[C@@]1(S)CCC[C@H](O)C1. The van der Waals surface area contributed by atoms with Crippen molar-refractivity contribution >= 4 is 12.6 Å². The summed E-state index contributed by atoms with van der Waals surface area (Å²) in [5.41, 5.74) is 0. The zero-order chi connectivity index (χ0) is 6.91. The second-order valence-electron chi connectivity index (χ2n) is 3.25. The summed E-state index contributed by atoms with van der Waals surface area (Å²) in [6, 6.07) is 0. The van der Waals surface area contributed by atoms with E-state index < -0.39 is 0 Å². The van der Waals surface area contributed by atoms with Crippen LogP contribution in [0.5, 0.6) is 0 Å². The van der Waals surface area contributed by atoms with Crippen molar-refractivity contribution in [2.75, 3.05) is 0 Å². The molecule has 0 unspecified atom stereocenters. The van der Waals surface area contributed by atoms with Crippen molar-refractivity contribution in [3.8, 4) is 0 Å². The highest BCUT2D eigenvalue weighted by molar-refractivity contribution is 7.81. The lowest BCUT2D eigenvalue weighted by atomic mass is 9.88. The molecule has 0 aromatic heterocycles. The topological polar surface area (TPSA) is 20.2 Å². The van der Waals surface area contributed by atoms with E-state index in [-0.39, 0.29) is 10.9 Å². The number of hydrogen-bond acceptors (Lipinski definition) is 2. The Labute approximate surface area is 61.9 Å². The van der Waals surface area contributed by atoms with Gasteiger partial charge >= 0.3 is 0 Å². The van der Waals surface area contributed by atoms with Gasteiger partial charge in [-0.25, -0.2) is 0 Å². The van der Waals surface area contributed by atoms with Crippen molar-refractivity contribution in [3.05, 3.63) is 0 Å². The molecule has 0 bridgehead atoms. The molecule has 0 saturated heterocycles. The first-order chi connectivity index (χ1) is 4.10. The van der Waals surface area contributed by atoms with Gasteiger partial charge in [-0.3, -0.25) is 0 Å². The molecule has 54 valence electrons. The lowest BCUT2D eigenvalue weighted by Crippen LogP contribution is -2.29. The second kappa shape index (κ2) is 2.51. The van der Waals surface area contributed by atoms with Gasteiger partial charge in [-0.05, 0) is 25.7 Å². The molecule has 0 aromatic rings. The maximum absolute atomic E-state index is 9.20. The normalized spacial score (nSPS) is 45.0. The molecular formula is C7H14OS. The summed E-state index contributed by atoms with van der Waals surface area (Å²) in [7, 11) is 0. The van der Waals surface area contributed by atoms with Crippen molar-refractivity contribution in [1.29, 1.82) is 0 Å². The van der Waals surface area contributed by atoms with E-state index in [1.54, 1.807) is 0 Å². The molecule has 0 amide bonds. The third kappa shape index (κ3) is 2.18. The van der Waals surface area contributed by atoms with Gasteiger partial charge in [-0.15, -0.1) is 0 Å². The molecule has 0 aliphatic heterocycles. The molecule has 0 heterocycles. The van der Waals surface area contributed by atoms with Crippen molar-refractivity contribution in [2.45, 2.75) is 43.5 Å². The smallest absolute Gasteiger partial charge is 0.0553 e. The highest BCUT2D eigenvalue weighted by Crippen LogP contribution is 2.32. The molecule has 1 aliphatic rings. The minimum Gasteiger partial charge on any atom is -0.393 e. The summed E-state index contributed by atoms with van der Waals surface area (Å²) in [4.78, 5) is 0. The summed E-state index contributed by atoms with van der Waals surface area (Å²) in [6.07, 6.45) is 4.00. The van der Waals surface area contributed by atoms with Crippen molar-refractivity contribution in [3.63, 3.8) is 0 Å². The summed E-state index contributed by atoms with van der Waals surface area (Å²) in [5, 5.41) is 9.20. The van der Waals surface area contributed by atoms with Crippen LogP contribution in [0, 0.1) is 0 Å². The minimum absolute atomic E-state index is 0.0949. The first kappa shape index (κ1) is 7.42. The van der Waals surface area contributed by atoms with Crippen molar-refractivity contribution in [2.24, 2.45) is 0 Å². The van der Waals surface area contributed by atoms with E-state index in [9.17, 15) is 5.11 Å². The van der Waals surface area contributed by atoms with E-state index in [1.807, 2.05) is 0 Å². The maximum atomic E-state index is 9.20. The van der Waals surface area contributed by atoms with Crippen molar-refractivity contribution < 1.29 is 5.11 Å². The molecule has 0 aromatic carbocycles. The van der Waals surface area contributed by atoms with E-state index in [4.69, 9.17) is 0 Å². The van der Waals surface area contributed by atoms with Crippen LogP contribution in [-0.2, 0) is 0 Å². The standard InChI is InChI=1S/C7H14OS/c1-7(9)4-2-3-6(8)5-7/h6,8-9H,2-5H2,1H3/t6-,7+/m0/s1. The number of rotatable bonds is 0. The van der Waals surface area contributed by atoms with Gasteiger partial charge in [0.2, 0.25) is 0 Å². The van der Waals surface area contributed by atoms with Gasteiger partial charge in [0.25, 0.3) is 0 Å². The van der Waals surface area contributed by atoms with Gasteiger partial charge in [-0.1, -0.05) is 6.92 Å². The number of thiol groups is 1. The first-order valence-electron chi connectivity index (χ1n) is 3.51. The highest BCUT2D eigenvalue weighted by atomic mass is 32.1. The molecule has 1 aliphatic carbocycles. The highest BCUT2D eigenvalue weighted by Gasteiger charge is 2.27. The van der Waals surface area contributed by atoms with Crippen LogP contribution in [0.1, 0.15) is 32.6 Å². The fraction of sp³-hybridized carbons (Fsp3) is 1.00. The quantitative estimate of drug-likeness (QED) is 0.497. The van der Waals surface area contributed by atoms with E-state index in [2.05, 4.69) is 19.6 Å². The Balaban J connectivity index is 2.41. The average molecular weight is 146 g/mol. The van der Waals surface area contributed by atoms with Gasteiger partial charge in [0.1, 0.15) is 0 Å². The second-order valence-corrected chi connectivity index (χ2v) is 4.33. The van der Waals surface area contributed by atoms with Gasteiger partial charge < -0.3 is 5.11 Å². The molecule has 1 fully saturated rings. The van der Waals surface area contributed by atoms with Gasteiger partial charge in [-0.2, -0.15) is 12.6 Å². The molecule has 0 radical (unpaired) electrons. The average Bonchev–Trinajstić information content (AvgIpc) is 1.60. The molecule has 1 N–H and O–H groups in total. The lowest BCUT2D eigenvalue weighted by Gasteiger charge is -2.31. The molecule has 2 atom stereocenters. The van der Waals surface area contributed by atoms with Crippen LogP contribution in [0.3, 0.4) is 0 Å². The zero-order valence-electron chi connectivity index (χ0n) is 5.80. The Kier molecular flexibility index (Phi) is 2.07. The van der Waals surface area contributed by atoms with E-state index in [0.29, 0.717) is 0 Å². The largest absolute Gasteiger partial charge is 0.393 e. The van der Waals surface area contributed by atoms with Crippen molar-refractivity contribution in [1.82, 2.24) is 0 Å². The Morgan fingerprint density at radius 3 is 2.67 bits per heavy atom. The monoisotopic (exact) mass is 146 g/mol. The first-order valence-corrected chi connectivity index (χ1v) is 3.95. The molecule has 0 spiro atoms. The van der Waals surface area contributed by atoms with Crippen LogP contribution < -0.4 is 0 Å². The molecule has 1 rings (SSSR count). The minimum atomic E-state index is -0.0961. The number of aliphatic hydroxyl groups is 1. The third-order valence-corrected chi connectivity index (χ3v) is 2.33. The Bertz CT molecular complexity index is 101. The van der Waals surface area contributed by atoms with Crippen LogP contribution >= 0.6 is 12.6 Å². The molecule has 9 heavy (non-hydrogen) atoms. The van der Waals surface area contributed by atoms with Crippen LogP contribution in [0.2, 0.25) is 0 Å². The Morgan fingerprint density at radius 2 is 2.33 bits per heavy atom.